The Bertz CT molecular complexity index is 704. The van der Waals surface area contributed by atoms with Gasteiger partial charge in [-0.2, -0.15) is 0 Å². The Labute approximate surface area is 144 Å². The number of hydrogen-bond donors (Lipinski definition) is 1. The molecular formula is C16H20N2O5S. The molecule has 2 aromatic rings. The number of nitrogens with one attached hydrogen (secondary N) is 1. The number of methoxy groups -OCH3 is 4. The maximum atomic E-state index is 12.5. The second-order valence-electron chi connectivity index (χ2n) is 4.82. The van der Waals surface area contributed by atoms with Gasteiger partial charge in [0.2, 0.25) is 5.75 Å². The first-order valence-corrected chi connectivity index (χ1v) is 7.92. The Hall–Kier alpha value is -2.32. The zero-order valence-electron chi connectivity index (χ0n) is 14.3. The SMILES string of the molecule is COCc1nc(C)c(C(=O)Nc2cc(OC)c(OC)c(OC)c2)s1. The molecule has 0 fully saturated rings. The molecule has 0 unspecified atom stereocenters. The van der Waals surface area contributed by atoms with Crippen LogP contribution in [-0.4, -0.2) is 39.3 Å². The predicted molar refractivity (Wildman–Crippen MR) is 91.6 cm³/mol. The summed E-state index contributed by atoms with van der Waals surface area (Å²) >= 11 is 1.30. The molecule has 0 atom stereocenters. The third-order valence-corrected chi connectivity index (χ3v) is 4.37. The number of thiazole rings is 1. The van der Waals surface area contributed by atoms with E-state index in [1.807, 2.05) is 0 Å². The van der Waals surface area contributed by atoms with E-state index in [0.29, 0.717) is 40.1 Å². The fourth-order valence-electron chi connectivity index (χ4n) is 2.19. The van der Waals surface area contributed by atoms with E-state index in [-0.39, 0.29) is 5.91 Å². The average Bonchev–Trinajstić information content (AvgIpc) is 2.94. The average molecular weight is 352 g/mol. The van der Waals surface area contributed by atoms with Crippen LogP contribution in [0.25, 0.3) is 0 Å². The fraction of sp³-hybridized carbons (Fsp3) is 0.375. The van der Waals surface area contributed by atoms with Crippen molar-refractivity contribution < 1.29 is 23.7 Å². The molecule has 0 bridgehead atoms. The Morgan fingerprint density at radius 3 is 2.25 bits per heavy atom. The zero-order valence-corrected chi connectivity index (χ0v) is 15.1. The van der Waals surface area contributed by atoms with Crippen LogP contribution in [0.2, 0.25) is 0 Å². The lowest BCUT2D eigenvalue weighted by Gasteiger charge is -2.14. The van der Waals surface area contributed by atoms with Gasteiger partial charge in [-0.15, -0.1) is 11.3 Å². The minimum atomic E-state index is -0.248. The molecule has 0 radical (unpaired) electrons. The van der Waals surface area contributed by atoms with Crippen LogP contribution in [0.3, 0.4) is 0 Å². The molecule has 130 valence electrons. The molecule has 2 rings (SSSR count). The summed E-state index contributed by atoms with van der Waals surface area (Å²) in [4.78, 5) is 17.4. The van der Waals surface area contributed by atoms with E-state index in [1.165, 1.54) is 32.7 Å². The maximum absolute atomic E-state index is 12.5. The minimum absolute atomic E-state index is 0.248. The van der Waals surface area contributed by atoms with Gasteiger partial charge in [0.15, 0.2) is 11.5 Å². The molecule has 1 heterocycles. The van der Waals surface area contributed by atoms with Gasteiger partial charge in [-0.3, -0.25) is 4.79 Å². The summed E-state index contributed by atoms with van der Waals surface area (Å²) in [7, 11) is 6.16. The number of amides is 1. The van der Waals surface area contributed by atoms with E-state index >= 15 is 0 Å². The minimum Gasteiger partial charge on any atom is -0.493 e. The normalized spacial score (nSPS) is 10.4. The second-order valence-corrected chi connectivity index (χ2v) is 5.91. The van der Waals surface area contributed by atoms with Crippen molar-refractivity contribution in [2.45, 2.75) is 13.5 Å². The van der Waals surface area contributed by atoms with Crippen LogP contribution >= 0.6 is 11.3 Å². The highest BCUT2D eigenvalue weighted by atomic mass is 32.1. The van der Waals surface area contributed by atoms with Crippen LogP contribution in [0.1, 0.15) is 20.4 Å². The van der Waals surface area contributed by atoms with Gasteiger partial charge >= 0.3 is 0 Å². The Morgan fingerprint density at radius 1 is 1.12 bits per heavy atom. The molecule has 24 heavy (non-hydrogen) atoms. The van der Waals surface area contributed by atoms with Crippen LogP contribution in [0, 0.1) is 6.92 Å². The van der Waals surface area contributed by atoms with E-state index in [4.69, 9.17) is 18.9 Å². The van der Waals surface area contributed by atoms with E-state index in [9.17, 15) is 4.79 Å². The smallest absolute Gasteiger partial charge is 0.267 e. The van der Waals surface area contributed by atoms with Gasteiger partial charge in [-0.25, -0.2) is 4.98 Å². The number of aromatic nitrogens is 1. The number of benzene rings is 1. The number of aryl methyl sites for hydroxylation is 1. The number of nitrogens with zero attached hydrogens (tertiary/aromatic N) is 1. The topological polar surface area (TPSA) is 78.9 Å². The molecule has 0 aliphatic heterocycles. The third-order valence-electron chi connectivity index (χ3n) is 3.24. The number of hydrogen-bond acceptors (Lipinski definition) is 7. The Kier molecular flexibility index (Phi) is 5.99. The van der Waals surface area contributed by atoms with Crippen molar-refractivity contribution in [3.8, 4) is 17.2 Å². The van der Waals surface area contributed by atoms with Gasteiger partial charge in [0.1, 0.15) is 9.88 Å². The summed E-state index contributed by atoms with van der Waals surface area (Å²) in [5, 5.41) is 3.59. The first-order valence-electron chi connectivity index (χ1n) is 7.10. The van der Waals surface area contributed by atoms with E-state index in [1.54, 1.807) is 26.2 Å². The van der Waals surface area contributed by atoms with Crippen molar-refractivity contribution in [3.05, 3.63) is 27.7 Å². The third kappa shape index (κ3) is 3.77. The summed E-state index contributed by atoms with van der Waals surface area (Å²) in [5.74, 6) is 1.15. The maximum Gasteiger partial charge on any atom is 0.267 e. The lowest BCUT2D eigenvalue weighted by Crippen LogP contribution is -2.12. The van der Waals surface area contributed by atoms with Crippen LogP contribution < -0.4 is 19.5 Å². The molecule has 1 aromatic heterocycles. The van der Waals surface area contributed by atoms with E-state index in [2.05, 4.69) is 10.3 Å². The molecule has 7 nitrogen and oxygen atoms in total. The molecule has 0 saturated carbocycles. The first kappa shape index (κ1) is 18.0. The fourth-order valence-corrected chi connectivity index (χ4v) is 3.12. The van der Waals surface area contributed by atoms with Crippen LogP contribution in [0.15, 0.2) is 12.1 Å². The number of rotatable bonds is 7. The van der Waals surface area contributed by atoms with Gasteiger partial charge in [0.25, 0.3) is 5.91 Å². The van der Waals surface area contributed by atoms with Crippen LogP contribution in [-0.2, 0) is 11.3 Å². The lowest BCUT2D eigenvalue weighted by molar-refractivity contribution is 0.103. The number of ether oxygens (including phenoxy) is 4. The number of carbonyl (C=O) groups is 1. The number of anilines is 1. The summed E-state index contributed by atoms with van der Waals surface area (Å²) in [6, 6.07) is 3.34. The van der Waals surface area contributed by atoms with Gasteiger partial charge in [0.05, 0.1) is 33.6 Å². The largest absolute Gasteiger partial charge is 0.493 e. The standard InChI is InChI=1S/C16H20N2O5S/c1-9-15(24-13(17-9)8-20-2)16(19)18-10-6-11(21-3)14(23-5)12(7-10)22-4/h6-7H,8H2,1-5H3,(H,18,19). The summed E-state index contributed by atoms with van der Waals surface area (Å²) < 4.78 is 20.9. The molecule has 0 aliphatic rings. The monoisotopic (exact) mass is 352 g/mol. The van der Waals surface area contributed by atoms with Gasteiger partial charge < -0.3 is 24.3 Å². The molecule has 0 spiro atoms. The lowest BCUT2D eigenvalue weighted by atomic mass is 10.2. The summed E-state index contributed by atoms with van der Waals surface area (Å²) in [6.45, 7) is 2.17. The van der Waals surface area contributed by atoms with Crippen molar-refractivity contribution in [2.75, 3.05) is 33.8 Å². The molecule has 0 aliphatic carbocycles. The van der Waals surface area contributed by atoms with Crippen LogP contribution in [0.4, 0.5) is 5.69 Å². The quantitative estimate of drug-likeness (QED) is 0.825. The van der Waals surface area contributed by atoms with E-state index < -0.39 is 0 Å². The van der Waals surface area contributed by atoms with Crippen molar-refractivity contribution in [3.63, 3.8) is 0 Å². The Morgan fingerprint density at radius 2 is 1.75 bits per heavy atom. The summed E-state index contributed by atoms with van der Waals surface area (Å²) in [6.07, 6.45) is 0. The highest BCUT2D eigenvalue weighted by molar-refractivity contribution is 7.13. The van der Waals surface area contributed by atoms with Gasteiger partial charge in [-0.1, -0.05) is 0 Å². The van der Waals surface area contributed by atoms with Crippen molar-refractivity contribution in [2.24, 2.45) is 0 Å². The molecule has 1 aromatic carbocycles. The highest BCUT2D eigenvalue weighted by Gasteiger charge is 2.18. The first-order chi connectivity index (χ1) is 11.5. The predicted octanol–water partition coefficient (Wildman–Crippen LogP) is 2.88. The molecule has 0 saturated heterocycles. The van der Waals surface area contributed by atoms with Crippen molar-refractivity contribution >= 4 is 22.9 Å². The molecule has 1 N–H and O–H groups in total. The second kappa shape index (κ2) is 7.98. The van der Waals surface area contributed by atoms with Crippen LogP contribution in [0.5, 0.6) is 17.2 Å². The number of carbonyl (C=O) groups excluding carboxylic acids is 1. The van der Waals surface area contributed by atoms with Crippen molar-refractivity contribution in [1.29, 1.82) is 0 Å². The summed E-state index contributed by atoms with van der Waals surface area (Å²) in [5.41, 5.74) is 1.20. The molecule has 8 heteroatoms. The van der Waals surface area contributed by atoms with Gasteiger partial charge in [-0.05, 0) is 6.92 Å². The van der Waals surface area contributed by atoms with E-state index in [0.717, 1.165) is 5.01 Å². The molecule has 1 amide bonds. The van der Waals surface area contributed by atoms with Gasteiger partial charge in [0, 0.05) is 24.9 Å². The highest BCUT2D eigenvalue weighted by Crippen LogP contribution is 2.40. The zero-order chi connectivity index (χ0) is 17.7. The molecular weight excluding hydrogens is 332 g/mol. The van der Waals surface area contributed by atoms with Crippen molar-refractivity contribution in [1.82, 2.24) is 4.98 Å². The Balaban J connectivity index is 2.28.